The molecule has 0 unspecified atom stereocenters. The molecule has 0 aromatic carbocycles. The minimum Gasteiger partial charge on any atom is -0.391 e. The molecule has 18 heavy (non-hydrogen) atoms. The maximum Gasteiger partial charge on any atom is 0.230 e. The van der Waals surface area contributed by atoms with E-state index in [1.54, 1.807) is 0 Å². The summed E-state index contributed by atoms with van der Waals surface area (Å²) in [5, 5.41) is 0. The van der Waals surface area contributed by atoms with Crippen molar-refractivity contribution >= 4 is 29.0 Å². The zero-order valence-electron chi connectivity index (χ0n) is 10.8. The van der Waals surface area contributed by atoms with E-state index in [0.29, 0.717) is 23.7 Å². The Hall–Kier alpha value is -0.970. The normalized spacial score (nSPS) is 32.9. The third-order valence-electron chi connectivity index (χ3n) is 4.45. The van der Waals surface area contributed by atoms with E-state index in [2.05, 4.69) is 6.92 Å². The minimum atomic E-state index is -0.675. The van der Waals surface area contributed by atoms with Crippen molar-refractivity contribution in [3.05, 3.63) is 0 Å². The van der Waals surface area contributed by atoms with Gasteiger partial charge in [-0.1, -0.05) is 25.6 Å². The van der Waals surface area contributed by atoms with Gasteiger partial charge in [0.05, 0.1) is 4.99 Å². The molecule has 0 bridgehead atoms. The van der Waals surface area contributed by atoms with Gasteiger partial charge in [-0.05, 0) is 31.6 Å². The van der Waals surface area contributed by atoms with Crippen LogP contribution in [0.1, 0.15) is 51.9 Å². The zero-order chi connectivity index (χ0) is 13.3. The molecule has 1 aliphatic carbocycles. The highest BCUT2D eigenvalue weighted by atomic mass is 32.1. The maximum atomic E-state index is 11.9. The smallest absolute Gasteiger partial charge is 0.230 e. The van der Waals surface area contributed by atoms with Crippen molar-refractivity contribution in [1.82, 2.24) is 4.90 Å². The van der Waals surface area contributed by atoms with E-state index in [1.807, 2.05) is 0 Å². The second kappa shape index (κ2) is 4.96. The van der Waals surface area contributed by atoms with Gasteiger partial charge >= 0.3 is 0 Å². The number of nitrogens with zero attached hydrogens (tertiary/aromatic N) is 1. The van der Waals surface area contributed by atoms with Gasteiger partial charge in [0.25, 0.3) is 0 Å². The number of thiocarbonyl (C=S) groups is 1. The molecule has 1 heterocycles. The van der Waals surface area contributed by atoms with Gasteiger partial charge in [-0.2, -0.15) is 0 Å². The van der Waals surface area contributed by atoms with Crippen LogP contribution in [0.5, 0.6) is 0 Å². The number of carbonyl (C=O) groups is 2. The maximum absolute atomic E-state index is 11.9. The van der Waals surface area contributed by atoms with Crippen LogP contribution in [0, 0.1) is 5.92 Å². The van der Waals surface area contributed by atoms with Gasteiger partial charge in [-0.3, -0.25) is 14.5 Å². The largest absolute Gasteiger partial charge is 0.391 e. The molecule has 100 valence electrons. The molecule has 1 saturated carbocycles. The minimum absolute atomic E-state index is 0.109. The summed E-state index contributed by atoms with van der Waals surface area (Å²) in [5.74, 6) is 0.450. The molecule has 1 saturated heterocycles. The molecule has 2 N–H and O–H groups in total. The van der Waals surface area contributed by atoms with Gasteiger partial charge in [0.15, 0.2) is 0 Å². The predicted molar refractivity (Wildman–Crippen MR) is 72.9 cm³/mol. The Bertz CT molecular complexity index is 370. The topological polar surface area (TPSA) is 63.4 Å². The summed E-state index contributed by atoms with van der Waals surface area (Å²) in [7, 11) is 0. The number of imide groups is 1. The van der Waals surface area contributed by atoms with E-state index in [1.165, 1.54) is 4.90 Å². The predicted octanol–water partition coefficient (Wildman–Crippen LogP) is 1.76. The standard InChI is InChI=1S/C13H20N2O2S/c1-2-9-5-7-13(8-6-9,12(14)18)15-10(16)3-4-11(15)17/h9H,2-8H2,1H3,(H2,14,18). The van der Waals surface area contributed by atoms with Gasteiger partial charge in [0.2, 0.25) is 11.8 Å². The quantitative estimate of drug-likeness (QED) is 0.626. The van der Waals surface area contributed by atoms with Crippen molar-refractivity contribution < 1.29 is 9.59 Å². The fraction of sp³-hybridized carbons (Fsp3) is 0.769. The Morgan fingerprint density at radius 3 is 2.22 bits per heavy atom. The average molecular weight is 268 g/mol. The molecule has 0 spiro atoms. The molecule has 0 atom stereocenters. The van der Waals surface area contributed by atoms with Crippen LogP contribution in [-0.2, 0) is 9.59 Å². The molecule has 2 amide bonds. The summed E-state index contributed by atoms with van der Waals surface area (Å²) in [5.41, 5.74) is 5.20. The number of nitrogens with two attached hydrogens (primary N) is 1. The van der Waals surface area contributed by atoms with Gasteiger partial charge in [0.1, 0.15) is 5.54 Å². The van der Waals surface area contributed by atoms with Crippen molar-refractivity contribution in [3.8, 4) is 0 Å². The van der Waals surface area contributed by atoms with Crippen molar-refractivity contribution in [2.45, 2.75) is 57.4 Å². The van der Waals surface area contributed by atoms with Crippen molar-refractivity contribution in [2.24, 2.45) is 11.7 Å². The highest BCUT2D eigenvalue weighted by Crippen LogP contribution is 2.40. The lowest BCUT2D eigenvalue weighted by Crippen LogP contribution is -2.60. The van der Waals surface area contributed by atoms with E-state index in [9.17, 15) is 9.59 Å². The molecule has 5 heteroatoms. The van der Waals surface area contributed by atoms with Gasteiger partial charge in [-0.15, -0.1) is 0 Å². The highest BCUT2D eigenvalue weighted by molar-refractivity contribution is 7.80. The zero-order valence-corrected chi connectivity index (χ0v) is 11.6. The van der Waals surface area contributed by atoms with Crippen LogP contribution in [0.25, 0.3) is 0 Å². The lowest BCUT2D eigenvalue weighted by molar-refractivity contribution is -0.144. The molecule has 0 radical (unpaired) electrons. The summed E-state index contributed by atoms with van der Waals surface area (Å²) in [6.45, 7) is 2.17. The first-order chi connectivity index (χ1) is 8.51. The van der Waals surface area contributed by atoms with E-state index < -0.39 is 5.54 Å². The molecule has 2 aliphatic rings. The van der Waals surface area contributed by atoms with Crippen LogP contribution >= 0.6 is 12.2 Å². The third kappa shape index (κ3) is 2.05. The summed E-state index contributed by atoms with van der Waals surface area (Å²) < 4.78 is 0. The molecule has 1 aliphatic heterocycles. The van der Waals surface area contributed by atoms with Gasteiger partial charge < -0.3 is 5.73 Å². The van der Waals surface area contributed by atoms with E-state index >= 15 is 0 Å². The first-order valence-corrected chi connectivity index (χ1v) is 7.08. The average Bonchev–Trinajstić information content (AvgIpc) is 2.69. The highest BCUT2D eigenvalue weighted by Gasteiger charge is 2.49. The van der Waals surface area contributed by atoms with Crippen molar-refractivity contribution in [2.75, 3.05) is 0 Å². The van der Waals surface area contributed by atoms with E-state index in [0.717, 1.165) is 32.1 Å². The fourth-order valence-corrected chi connectivity index (χ4v) is 3.49. The fourth-order valence-electron chi connectivity index (χ4n) is 3.20. The Labute approximate surface area is 113 Å². The molecular formula is C13H20N2O2S. The SMILES string of the molecule is CCC1CCC(C(N)=S)(N2C(=O)CCC2=O)CC1. The Morgan fingerprint density at radius 1 is 1.33 bits per heavy atom. The third-order valence-corrected chi connectivity index (χ3v) is 4.83. The van der Waals surface area contributed by atoms with Crippen LogP contribution in [0.3, 0.4) is 0 Å². The second-order valence-electron chi connectivity index (χ2n) is 5.37. The summed E-state index contributed by atoms with van der Waals surface area (Å²) in [6, 6.07) is 0. The number of amides is 2. The summed E-state index contributed by atoms with van der Waals surface area (Å²) in [4.78, 5) is 25.6. The van der Waals surface area contributed by atoms with Crippen molar-refractivity contribution in [3.63, 3.8) is 0 Å². The first-order valence-electron chi connectivity index (χ1n) is 6.67. The van der Waals surface area contributed by atoms with E-state index in [4.69, 9.17) is 18.0 Å². The monoisotopic (exact) mass is 268 g/mol. The van der Waals surface area contributed by atoms with Crippen LogP contribution < -0.4 is 5.73 Å². The van der Waals surface area contributed by atoms with Crippen molar-refractivity contribution in [1.29, 1.82) is 0 Å². The van der Waals surface area contributed by atoms with Crippen LogP contribution in [0.2, 0.25) is 0 Å². The Morgan fingerprint density at radius 2 is 1.83 bits per heavy atom. The first kappa shape index (κ1) is 13.5. The lowest BCUT2D eigenvalue weighted by atomic mass is 9.74. The lowest BCUT2D eigenvalue weighted by Gasteiger charge is -2.44. The van der Waals surface area contributed by atoms with Crippen LogP contribution in [0.15, 0.2) is 0 Å². The number of rotatable bonds is 3. The molecule has 0 aromatic heterocycles. The number of hydrogen-bond donors (Lipinski definition) is 1. The molecule has 2 fully saturated rings. The number of carbonyl (C=O) groups excluding carboxylic acids is 2. The summed E-state index contributed by atoms with van der Waals surface area (Å²) in [6.07, 6.45) is 5.20. The summed E-state index contributed by atoms with van der Waals surface area (Å²) >= 11 is 5.18. The van der Waals surface area contributed by atoms with Gasteiger partial charge in [0, 0.05) is 12.8 Å². The Balaban J connectivity index is 2.26. The molecule has 0 aromatic rings. The van der Waals surface area contributed by atoms with Crippen LogP contribution in [-0.4, -0.2) is 27.2 Å². The number of likely N-dealkylation sites (tertiary alicyclic amines) is 1. The Kier molecular flexibility index (Phi) is 3.71. The molecular weight excluding hydrogens is 248 g/mol. The van der Waals surface area contributed by atoms with Crippen LogP contribution in [0.4, 0.5) is 0 Å². The number of hydrogen-bond acceptors (Lipinski definition) is 3. The molecule has 2 rings (SSSR count). The molecule has 4 nitrogen and oxygen atoms in total. The van der Waals surface area contributed by atoms with Gasteiger partial charge in [-0.25, -0.2) is 0 Å². The van der Waals surface area contributed by atoms with E-state index in [-0.39, 0.29) is 11.8 Å². The second-order valence-corrected chi connectivity index (χ2v) is 5.81.